The highest BCUT2D eigenvalue weighted by Crippen LogP contribution is 2.26. The largest absolute Gasteiger partial charge is 0.0837 e. The molecule has 0 saturated carbocycles. The Morgan fingerprint density at radius 3 is 2.57 bits per heavy atom. The molecule has 0 aliphatic carbocycles. The van der Waals surface area contributed by atoms with Gasteiger partial charge in [-0.1, -0.05) is 55.8 Å². The molecule has 2 rings (SSSR count). The molecule has 0 amide bonds. The average molecular weight is 205 g/mol. The summed E-state index contributed by atoms with van der Waals surface area (Å²) in [7, 11) is 0. The van der Waals surface area contributed by atoms with Crippen LogP contribution in [0.25, 0.3) is 10.8 Å². The molecule has 0 bridgehead atoms. The third-order valence-corrected chi connectivity index (χ3v) is 2.85. The van der Waals surface area contributed by atoms with Crippen LogP contribution in [0.5, 0.6) is 0 Å². The maximum atomic E-state index is 6.09. The van der Waals surface area contributed by atoms with Crippen molar-refractivity contribution >= 4 is 22.4 Å². The molecule has 0 aromatic heterocycles. The summed E-state index contributed by atoms with van der Waals surface area (Å²) >= 11 is 6.09. The maximum Gasteiger partial charge on any atom is 0.0484 e. The number of fused-ring (bicyclic) bond motifs is 1. The first-order valence-corrected chi connectivity index (χ1v) is 5.24. The lowest BCUT2D eigenvalue weighted by atomic mass is 9.99. The van der Waals surface area contributed by atoms with Gasteiger partial charge in [0.2, 0.25) is 0 Å². The lowest BCUT2D eigenvalue weighted by molar-refractivity contribution is 0.869. The van der Waals surface area contributed by atoms with Crippen molar-refractivity contribution in [1.29, 1.82) is 0 Å². The highest BCUT2D eigenvalue weighted by molar-refractivity contribution is 6.35. The molecule has 0 radical (unpaired) electrons. The molecule has 0 heterocycles. The Morgan fingerprint density at radius 2 is 1.86 bits per heavy atom. The highest BCUT2D eigenvalue weighted by atomic mass is 35.5. The Hall–Kier alpha value is -1.01. The van der Waals surface area contributed by atoms with Crippen molar-refractivity contribution in [3.05, 3.63) is 47.0 Å². The zero-order chi connectivity index (χ0) is 10.1. The molecule has 0 nitrogen and oxygen atoms in total. The predicted octanol–water partition coefficient (Wildman–Crippen LogP) is 4.62. The lowest BCUT2D eigenvalue weighted by Gasteiger charge is -2.07. The Morgan fingerprint density at radius 1 is 1.07 bits per heavy atom. The van der Waals surface area contributed by atoms with Crippen LogP contribution in [0, 0.1) is 0 Å². The van der Waals surface area contributed by atoms with Gasteiger partial charge in [-0.3, -0.25) is 0 Å². The Bertz CT molecular complexity index is 458. The van der Waals surface area contributed by atoms with Gasteiger partial charge in [0.25, 0.3) is 0 Å². The molecular weight excluding hydrogens is 192 g/mol. The minimum absolute atomic E-state index is 0.568. The summed E-state index contributed by atoms with van der Waals surface area (Å²) in [6.07, 6.45) is 0. The maximum absolute atomic E-state index is 6.09. The van der Waals surface area contributed by atoms with Crippen LogP contribution in [-0.4, -0.2) is 0 Å². The third-order valence-electron chi connectivity index (χ3n) is 2.52. The first-order chi connectivity index (χ1) is 6.68. The summed E-state index contributed by atoms with van der Waals surface area (Å²) in [4.78, 5) is 0. The molecule has 2 aromatic carbocycles. The quantitative estimate of drug-likeness (QED) is 0.636. The number of benzene rings is 2. The van der Waals surface area contributed by atoms with Gasteiger partial charge in [-0.05, 0) is 22.9 Å². The van der Waals surface area contributed by atoms with Crippen LogP contribution in [0.3, 0.4) is 0 Å². The molecule has 0 saturated heterocycles. The van der Waals surface area contributed by atoms with Gasteiger partial charge in [0, 0.05) is 10.4 Å². The monoisotopic (exact) mass is 204 g/mol. The fraction of sp³-hybridized carbons (Fsp3) is 0.231. The predicted molar refractivity (Wildman–Crippen MR) is 63.0 cm³/mol. The van der Waals surface area contributed by atoms with Gasteiger partial charge < -0.3 is 0 Å². The van der Waals surface area contributed by atoms with Crippen LogP contribution < -0.4 is 0 Å². The second-order valence-corrected chi connectivity index (χ2v) is 4.28. The van der Waals surface area contributed by atoms with Crippen molar-refractivity contribution in [1.82, 2.24) is 0 Å². The molecule has 0 aliphatic heterocycles. The zero-order valence-electron chi connectivity index (χ0n) is 8.42. The second-order valence-electron chi connectivity index (χ2n) is 3.88. The van der Waals surface area contributed by atoms with E-state index in [1.165, 1.54) is 10.9 Å². The number of hydrogen-bond acceptors (Lipinski definition) is 0. The van der Waals surface area contributed by atoms with E-state index in [0.717, 1.165) is 10.4 Å². The van der Waals surface area contributed by atoms with E-state index in [4.69, 9.17) is 11.6 Å². The van der Waals surface area contributed by atoms with Crippen molar-refractivity contribution in [2.45, 2.75) is 19.8 Å². The molecule has 1 heteroatoms. The lowest BCUT2D eigenvalue weighted by Crippen LogP contribution is -1.86. The van der Waals surface area contributed by atoms with Gasteiger partial charge in [-0.25, -0.2) is 0 Å². The zero-order valence-corrected chi connectivity index (χ0v) is 9.18. The van der Waals surface area contributed by atoms with E-state index in [2.05, 4.69) is 38.1 Å². The minimum Gasteiger partial charge on any atom is -0.0837 e. The minimum atomic E-state index is 0.568. The van der Waals surface area contributed by atoms with E-state index >= 15 is 0 Å². The molecule has 0 aliphatic rings. The normalized spacial score (nSPS) is 11.1. The molecule has 0 spiro atoms. The van der Waals surface area contributed by atoms with E-state index in [-0.39, 0.29) is 0 Å². The van der Waals surface area contributed by atoms with Crippen LogP contribution >= 0.6 is 11.6 Å². The van der Waals surface area contributed by atoms with Gasteiger partial charge in [-0.15, -0.1) is 0 Å². The molecule has 72 valence electrons. The van der Waals surface area contributed by atoms with Crippen molar-refractivity contribution < 1.29 is 0 Å². The summed E-state index contributed by atoms with van der Waals surface area (Å²) in [6.45, 7) is 4.40. The van der Waals surface area contributed by atoms with Crippen molar-refractivity contribution in [3.8, 4) is 0 Å². The first kappa shape index (κ1) is 9.54. The van der Waals surface area contributed by atoms with E-state index in [1.54, 1.807) is 0 Å². The third kappa shape index (κ3) is 1.62. The van der Waals surface area contributed by atoms with Gasteiger partial charge in [0.15, 0.2) is 0 Å². The number of hydrogen-bond donors (Lipinski definition) is 0. The van der Waals surface area contributed by atoms with E-state index in [1.807, 2.05) is 12.1 Å². The van der Waals surface area contributed by atoms with Crippen LogP contribution in [0.4, 0.5) is 0 Å². The van der Waals surface area contributed by atoms with Gasteiger partial charge in [0.05, 0.1) is 0 Å². The van der Waals surface area contributed by atoms with Crippen LogP contribution in [0.1, 0.15) is 25.3 Å². The van der Waals surface area contributed by atoms with Crippen molar-refractivity contribution in [3.63, 3.8) is 0 Å². The summed E-state index contributed by atoms with van der Waals surface area (Å²) in [5.74, 6) is 0.568. The Labute approximate surface area is 89.5 Å². The summed E-state index contributed by atoms with van der Waals surface area (Å²) in [5.41, 5.74) is 1.36. The molecule has 2 aromatic rings. The first-order valence-electron chi connectivity index (χ1n) is 4.86. The molecule has 0 unspecified atom stereocenters. The SMILES string of the molecule is CC(C)c1ccc2c(Cl)cccc2c1. The van der Waals surface area contributed by atoms with E-state index < -0.39 is 0 Å². The van der Waals surface area contributed by atoms with Crippen LogP contribution in [0.2, 0.25) is 5.02 Å². The smallest absolute Gasteiger partial charge is 0.0484 e. The summed E-state index contributed by atoms with van der Waals surface area (Å²) in [6, 6.07) is 12.5. The summed E-state index contributed by atoms with van der Waals surface area (Å²) in [5, 5.41) is 3.19. The van der Waals surface area contributed by atoms with Gasteiger partial charge >= 0.3 is 0 Å². The van der Waals surface area contributed by atoms with Gasteiger partial charge in [-0.2, -0.15) is 0 Å². The molecule has 0 atom stereocenters. The molecule has 14 heavy (non-hydrogen) atoms. The highest BCUT2D eigenvalue weighted by Gasteiger charge is 2.02. The Kier molecular flexibility index (Phi) is 2.47. The van der Waals surface area contributed by atoms with Crippen molar-refractivity contribution in [2.75, 3.05) is 0 Å². The topological polar surface area (TPSA) is 0 Å². The molecular formula is C13H13Cl. The van der Waals surface area contributed by atoms with Gasteiger partial charge in [0.1, 0.15) is 0 Å². The Balaban J connectivity index is 2.67. The van der Waals surface area contributed by atoms with Crippen LogP contribution in [0.15, 0.2) is 36.4 Å². The fourth-order valence-corrected chi connectivity index (χ4v) is 1.87. The number of rotatable bonds is 1. The second kappa shape index (κ2) is 3.62. The number of halogens is 1. The molecule has 0 fully saturated rings. The van der Waals surface area contributed by atoms with Crippen molar-refractivity contribution in [2.24, 2.45) is 0 Å². The molecule has 0 N–H and O–H groups in total. The average Bonchev–Trinajstić information content (AvgIpc) is 2.17. The van der Waals surface area contributed by atoms with E-state index in [9.17, 15) is 0 Å². The fourth-order valence-electron chi connectivity index (χ4n) is 1.62. The van der Waals surface area contributed by atoms with Crippen LogP contribution in [-0.2, 0) is 0 Å². The standard InChI is InChI=1S/C13H13Cl/c1-9(2)10-6-7-12-11(8-10)4-3-5-13(12)14/h3-9H,1-2H3. The summed E-state index contributed by atoms with van der Waals surface area (Å²) < 4.78 is 0. The van der Waals surface area contributed by atoms with E-state index in [0.29, 0.717) is 5.92 Å².